The number of methoxy groups -OCH3 is 1. The highest BCUT2D eigenvalue weighted by Crippen LogP contribution is 2.31. The molecule has 114 valence electrons. The van der Waals surface area contributed by atoms with Crippen LogP contribution in [0.15, 0.2) is 60.7 Å². The fourth-order valence-electron chi connectivity index (χ4n) is 2.95. The zero-order chi connectivity index (χ0) is 15.2. The summed E-state index contributed by atoms with van der Waals surface area (Å²) in [4.78, 5) is 0. The molecular weight excluding hydrogens is 270 g/mol. The van der Waals surface area contributed by atoms with Crippen LogP contribution in [0.2, 0.25) is 0 Å². The number of allylic oxidation sites excluding steroid dienone is 2. The van der Waals surface area contributed by atoms with Crippen molar-refractivity contribution in [1.29, 1.82) is 0 Å². The number of rotatable bonds is 5. The average Bonchev–Trinajstić information content (AvgIpc) is 2.61. The van der Waals surface area contributed by atoms with E-state index in [2.05, 4.69) is 53.9 Å². The van der Waals surface area contributed by atoms with Crippen molar-refractivity contribution in [2.45, 2.75) is 19.3 Å². The first-order chi connectivity index (χ1) is 10.9. The molecule has 2 aromatic rings. The summed E-state index contributed by atoms with van der Waals surface area (Å²) in [6, 6.07) is 16.8. The van der Waals surface area contributed by atoms with Gasteiger partial charge >= 0.3 is 0 Å². The van der Waals surface area contributed by atoms with Crippen LogP contribution >= 0.6 is 0 Å². The first kappa shape index (κ1) is 14.7. The van der Waals surface area contributed by atoms with Gasteiger partial charge in [0.1, 0.15) is 5.75 Å². The summed E-state index contributed by atoms with van der Waals surface area (Å²) in [5.74, 6) is 1.63. The van der Waals surface area contributed by atoms with Crippen LogP contribution in [0.5, 0.6) is 5.75 Å². The van der Waals surface area contributed by atoms with Crippen LogP contribution in [0.4, 0.5) is 5.69 Å². The maximum absolute atomic E-state index is 5.50. The first-order valence-corrected chi connectivity index (χ1v) is 7.99. The minimum atomic E-state index is 0.718. The Labute approximate surface area is 132 Å². The Morgan fingerprint density at radius 2 is 1.91 bits per heavy atom. The summed E-state index contributed by atoms with van der Waals surface area (Å²) in [7, 11) is 1.73. The number of anilines is 1. The Balaban J connectivity index is 1.77. The van der Waals surface area contributed by atoms with Gasteiger partial charge in [0.25, 0.3) is 0 Å². The van der Waals surface area contributed by atoms with Crippen molar-refractivity contribution >= 4 is 5.69 Å². The van der Waals surface area contributed by atoms with Crippen molar-refractivity contribution in [2.75, 3.05) is 19.0 Å². The summed E-state index contributed by atoms with van der Waals surface area (Å²) in [6.07, 6.45) is 8.23. The normalized spacial score (nSPS) is 17.2. The molecule has 0 aliphatic heterocycles. The van der Waals surface area contributed by atoms with Crippen LogP contribution in [0.1, 0.15) is 19.3 Å². The molecule has 0 bridgehead atoms. The molecule has 1 aliphatic rings. The molecule has 0 saturated heterocycles. The zero-order valence-corrected chi connectivity index (χ0v) is 13.1. The van der Waals surface area contributed by atoms with E-state index in [-0.39, 0.29) is 0 Å². The molecule has 2 nitrogen and oxygen atoms in total. The van der Waals surface area contributed by atoms with Gasteiger partial charge < -0.3 is 10.1 Å². The molecule has 0 unspecified atom stereocenters. The van der Waals surface area contributed by atoms with Gasteiger partial charge in [-0.1, -0.05) is 48.6 Å². The summed E-state index contributed by atoms with van der Waals surface area (Å²) >= 11 is 0. The van der Waals surface area contributed by atoms with E-state index in [1.807, 2.05) is 12.1 Å². The standard InChI is InChI=1S/C20H23NO/c1-22-20-13-12-18(17-10-6-3-7-11-17)14-19(20)21-15-16-8-4-2-5-9-16/h2-4,6-7,10-14,16,21H,5,8-9,15H2,1H3/t16-/m0/s1. The van der Waals surface area contributed by atoms with E-state index in [0.717, 1.165) is 23.9 Å². The number of hydrogen-bond donors (Lipinski definition) is 1. The fourth-order valence-corrected chi connectivity index (χ4v) is 2.95. The van der Waals surface area contributed by atoms with E-state index in [1.54, 1.807) is 7.11 Å². The lowest BCUT2D eigenvalue weighted by atomic mass is 9.94. The Kier molecular flexibility index (Phi) is 4.79. The summed E-state index contributed by atoms with van der Waals surface area (Å²) in [6.45, 7) is 0.999. The lowest BCUT2D eigenvalue weighted by Gasteiger charge is -2.20. The molecule has 0 saturated carbocycles. The molecule has 1 atom stereocenters. The van der Waals surface area contributed by atoms with Gasteiger partial charge in [0.15, 0.2) is 0 Å². The summed E-state index contributed by atoms with van der Waals surface area (Å²) in [5, 5.41) is 3.59. The molecule has 0 spiro atoms. The molecule has 0 heterocycles. The van der Waals surface area contributed by atoms with Gasteiger partial charge in [-0.3, -0.25) is 0 Å². The molecule has 0 aromatic heterocycles. The van der Waals surface area contributed by atoms with Gasteiger partial charge in [-0.15, -0.1) is 0 Å². The van der Waals surface area contributed by atoms with Crippen molar-refractivity contribution in [2.24, 2.45) is 5.92 Å². The van der Waals surface area contributed by atoms with Crippen LogP contribution in [0.3, 0.4) is 0 Å². The van der Waals surface area contributed by atoms with Crippen LogP contribution in [-0.4, -0.2) is 13.7 Å². The molecule has 1 N–H and O–H groups in total. The van der Waals surface area contributed by atoms with Crippen LogP contribution in [-0.2, 0) is 0 Å². The Morgan fingerprint density at radius 1 is 1.05 bits per heavy atom. The Morgan fingerprint density at radius 3 is 2.64 bits per heavy atom. The SMILES string of the molecule is COc1ccc(-c2ccccc2)cc1NC[C@H]1CC=CCC1. The summed E-state index contributed by atoms with van der Waals surface area (Å²) in [5.41, 5.74) is 3.53. The molecule has 0 fully saturated rings. The number of ether oxygens (including phenoxy) is 1. The topological polar surface area (TPSA) is 21.3 Å². The van der Waals surface area contributed by atoms with Crippen LogP contribution < -0.4 is 10.1 Å². The van der Waals surface area contributed by atoms with E-state index in [4.69, 9.17) is 4.74 Å². The third kappa shape index (κ3) is 3.51. The van der Waals surface area contributed by atoms with Crippen LogP contribution in [0, 0.1) is 5.92 Å². The summed E-state index contributed by atoms with van der Waals surface area (Å²) < 4.78 is 5.50. The fraction of sp³-hybridized carbons (Fsp3) is 0.300. The molecule has 3 rings (SSSR count). The van der Waals surface area contributed by atoms with Gasteiger partial charge in [-0.25, -0.2) is 0 Å². The minimum absolute atomic E-state index is 0.718. The molecule has 0 radical (unpaired) electrons. The highest BCUT2D eigenvalue weighted by atomic mass is 16.5. The molecule has 1 aliphatic carbocycles. The third-order valence-corrected chi connectivity index (χ3v) is 4.27. The minimum Gasteiger partial charge on any atom is -0.495 e. The first-order valence-electron chi connectivity index (χ1n) is 7.99. The predicted octanol–water partition coefficient (Wildman–Crippen LogP) is 5.13. The average molecular weight is 293 g/mol. The van der Waals surface area contributed by atoms with E-state index < -0.39 is 0 Å². The van der Waals surface area contributed by atoms with Crippen molar-refractivity contribution in [3.05, 3.63) is 60.7 Å². The molecule has 2 heteroatoms. The molecule has 0 amide bonds. The van der Waals surface area contributed by atoms with Crippen molar-refractivity contribution in [3.63, 3.8) is 0 Å². The molecule has 2 aromatic carbocycles. The van der Waals surface area contributed by atoms with Gasteiger partial charge in [-0.2, -0.15) is 0 Å². The van der Waals surface area contributed by atoms with Crippen molar-refractivity contribution in [3.8, 4) is 16.9 Å². The quantitative estimate of drug-likeness (QED) is 0.772. The monoisotopic (exact) mass is 293 g/mol. The lowest BCUT2D eigenvalue weighted by molar-refractivity contribution is 0.415. The van der Waals surface area contributed by atoms with E-state index in [1.165, 1.54) is 30.4 Å². The maximum Gasteiger partial charge on any atom is 0.141 e. The van der Waals surface area contributed by atoms with E-state index in [9.17, 15) is 0 Å². The molecular formula is C20H23NO. The number of nitrogens with one attached hydrogen (secondary N) is 1. The largest absolute Gasteiger partial charge is 0.495 e. The maximum atomic E-state index is 5.50. The van der Waals surface area contributed by atoms with E-state index in [0.29, 0.717) is 0 Å². The third-order valence-electron chi connectivity index (χ3n) is 4.27. The van der Waals surface area contributed by atoms with Gasteiger partial charge in [-0.05, 0) is 48.4 Å². The van der Waals surface area contributed by atoms with Gasteiger partial charge in [0, 0.05) is 6.54 Å². The molecule has 22 heavy (non-hydrogen) atoms. The van der Waals surface area contributed by atoms with Crippen molar-refractivity contribution < 1.29 is 4.74 Å². The Bertz CT molecular complexity index is 633. The second kappa shape index (κ2) is 7.17. The smallest absolute Gasteiger partial charge is 0.141 e. The number of benzene rings is 2. The zero-order valence-electron chi connectivity index (χ0n) is 13.1. The lowest BCUT2D eigenvalue weighted by Crippen LogP contribution is -2.15. The number of hydrogen-bond acceptors (Lipinski definition) is 2. The Hall–Kier alpha value is -2.22. The highest BCUT2D eigenvalue weighted by molar-refractivity contribution is 5.71. The predicted molar refractivity (Wildman–Crippen MR) is 93.4 cm³/mol. The van der Waals surface area contributed by atoms with Gasteiger partial charge in [0.2, 0.25) is 0 Å². The second-order valence-corrected chi connectivity index (χ2v) is 5.81. The van der Waals surface area contributed by atoms with Crippen molar-refractivity contribution in [1.82, 2.24) is 0 Å². The van der Waals surface area contributed by atoms with Gasteiger partial charge in [0.05, 0.1) is 12.8 Å². The van der Waals surface area contributed by atoms with Crippen LogP contribution in [0.25, 0.3) is 11.1 Å². The highest BCUT2D eigenvalue weighted by Gasteiger charge is 2.11. The second-order valence-electron chi connectivity index (χ2n) is 5.81. The van der Waals surface area contributed by atoms with E-state index >= 15 is 0 Å².